The molecule has 7 nitrogen and oxygen atoms in total. The summed E-state index contributed by atoms with van der Waals surface area (Å²) in [5.74, 6) is -1.69. The number of carboxylic acids is 1. The third kappa shape index (κ3) is 3.63. The van der Waals surface area contributed by atoms with Crippen LogP contribution in [0.2, 0.25) is 0 Å². The van der Waals surface area contributed by atoms with Crippen LogP contribution in [0.5, 0.6) is 0 Å². The van der Waals surface area contributed by atoms with E-state index in [9.17, 15) is 32.7 Å². The molecule has 3 rings (SSSR count). The van der Waals surface area contributed by atoms with E-state index in [1.807, 2.05) is 0 Å². The van der Waals surface area contributed by atoms with E-state index in [1.54, 1.807) is 0 Å². The highest BCUT2D eigenvalue weighted by atomic mass is 19.4. The van der Waals surface area contributed by atoms with Crippen molar-refractivity contribution in [1.29, 1.82) is 0 Å². The van der Waals surface area contributed by atoms with Crippen LogP contribution in [0.15, 0.2) is 18.2 Å². The number of benzene rings is 1. The maximum absolute atomic E-state index is 13.4. The van der Waals surface area contributed by atoms with Crippen LogP contribution in [0, 0.1) is 11.3 Å². The number of nitrogens with zero attached hydrogens (tertiary/aromatic N) is 1. The van der Waals surface area contributed by atoms with Crippen molar-refractivity contribution in [2.75, 3.05) is 23.7 Å². The molecular weight excluding hydrogens is 379 g/mol. The molecule has 152 valence electrons. The van der Waals surface area contributed by atoms with E-state index in [-0.39, 0.29) is 24.7 Å². The van der Waals surface area contributed by atoms with E-state index in [4.69, 9.17) is 0 Å². The number of alkyl halides is 3. The first-order valence-electron chi connectivity index (χ1n) is 8.81. The number of halogens is 3. The Hall–Kier alpha value is -2.78. The van der Waals surface area contributed by atoms with Crippen molar-refractivity contribution in [3.05, 3.63) is 23.8 Å². The van der Waals surface area contributed by atoms with Gasteiger partial charge in [0.25, 0.3) is 0 Å². The van der Waals surface area contributed by atoms with Gasteiger partial charge in [0, 0.05) is 25.7 Å². The van der Waals surface area contributed by atoms with Crippen molar-refractivity contribution >= 4 is 29.3 Å². The fraction of sp³-hybridized carbons (Fsp3) is 0.500. The van der Waals surface area contributed by atoms with Gasteiger partial charge >= 0.3 is 18.2 Å². The van der Waals surface area contributed by atoms with Crippen molar-refractivity contribution in [2.45, 2.75) is 32.4 Å². The van der Waals surface area contributed by atoms with Crippen LogP contribution in [0.4, 0.5) is 29.3 Å². The average Bonchev–Trinajstić information content (AvgIpc) is 3.13. The van der Waals surface area contributed by atoms with Gasteiger partial charge in [-0.15, -0.1) is 0 Å². The molecule has 0 spiro atoms. The lowest BCUT2D eigenvalue weighted by atomic mass is 9.81. The highest BCUT2D eigenvalue weighted by molar-refractivity contribution is 5.93. The van der Waals surface area contributed by atoms with E-state index in [0.717, 1.165) is 18.6 Å². The topological polar surface area (TPSA) is 98.7 Å². The first-order valence-corrected chi connectivity index (χ1v) is 8.81. The molecule has 0 aromatic heterocycles. The number of fused-ring (bicyclic) bond motifs is 1. The molecule has 1 saturated carbocycles. The molecule has 1 aliphatic carbocycles. The Bertz CT molecular complexity index is 827. The summed E-state index contributed by atoms with van der Waals surface area (Å²) in [7, 11) is 0. The van der Waals surface area contributed by atoms with E-state index in [2.05, 4.69) is 10.6 Å². The smallest absolute Gasteiger partial charge is 0.418 e. The van der Waals surface area contributed by atoms with Crippen molar-refractivity contribution in [1.82, 2.24) is 4.90 Å². The number of nitrogens with one attached hydrogen (secondary N) is 2. The van der Waals surface area contributed by atoms with Gasteiger partial charge in [0.2, 0.25) is 5.91 Å². The number of aliphatic carboxylic acids is 1. The van der Waals surface area contributed by atoms with Crippen molar-refractivity contribution in [3.8, 4) is 0 Å². The van der Waals surface area contributed by atoms with Gasteiger partial charge in [0.15, 0.2) is 0 Å². The lowest BCUT2D eigenvalue weighted by Gasteiger charge is -2.24. The molecule has 28 heavy (non-hydrogen) atoms. The molecule has 3 N–H and O–H groups in total. The van der Waals surface area contributed by atoms with Crippen molar-refractivity contribution in [2.24, 2.45) is 11.3 Å². The van der Waals surface area contributed by atoms with Crippen molar-refractivity contribution in [3.63, 3.8) is 0 Å². The predicted octanol–water partition coefficient (Wildman–Crippen LogP) is 3.38. The number of hydrogen-bond donors (Lipinski definition) is 3. The van der Waals surface area contributed by atoms with E-state index in [0.29, 0.717) is 12.8 Å². The summed E-state index contributed by atoms with van der Waals surface area (Å²) < 4.78 is 40.2. The van der Waals surface area contributed by atoms with Gasteiger partial charge in [-0.25, -0.2) is 4.79 Å². The number of amides is 3. The lowest BCUT2D eigenvalue weighted by molar-refractivity contribution is -0.149. The van der Waals surface area contributed by atoms with Gasteiger partial charge in [0.1, 0.15) is 0 Å². The predicted molar refractivity (Wildman–Crippen MR) is 93.7 cm³/mol. The fourth-order valence-electron chi connectivity index (χ4n) is 4.16. The van der Waals surface area contributed by atoms with Gasteiger partial charge in [0.05, 0.1) is 16.7 Å². The quantitative estimate of drug-likeness (QED) is 0.726. The Morgan fingerprint density at radius 3 is 2.54 bits per heavy atom. The van der Waals surface area contributed by atoms with E-state index in [1.165, 1.54) is 17.9 Å². The van der Waals surface area contributed by atoms with Crippen LogP contribution in [0.3, 0.4) is 0 Å². The third-order valence-corrected chi connectivity index (χ3v) is 5.47. The minimum atomic E-state index is -4.75. The molecule has 1 aromatic carbocycles. The SMILES string of the molecule is CC(=O)Nc1ccc(NC(=O)N2C[C@@H]3CCC[C@@]3(C(=O)O)C2)c(C(F)(F)F)c1. The lowest BCUT2D eigenvalue weighted by Crippen LogP contribution is -2.39. The molecular formula is C18H20F3N3O4. The standard InChI is InChI=1S/C18H20F3N3O4/c1-10(25)22-12-4-5-14(13(7-12)18(19,20)21)23-16(28)24-8-11-3-2-6-17(11,9-24)15(26)27/h4-5,7,11H,2-3,6,8-9H2,1H3,(H,22,25)(H,23,28)(H,26,27)/t11-,17+/m0/s1. The number of urea groups is 1. The number of hydrogen-bond acceptors (Lipinski definition) is 3. The third-order valence-electron chi connectivity index (χ3n) is 5.47. The number of rotatable bonds is 3. The molecule has 1 heterocycles. The fourth-order valence-corrected chi connectivity index (χ4v) is 4.16. The molecule has 1 saturated heterocycles. The average molecular weight is 399 g/mol. The molecule has 1 aliphatic heterocycles. The normalized spacial score (nSPS) is 24.0. The second kappa shape index (κ2) is 6.99. The van der Waals surface area contributed by atoms with Crippen LogP contribution >= 0.6 is 0 Å². The highest BCUT2D eigenvalue weighted by Crippen LogP contribution is 2.49. The molecule has 1 aromatic rings. The summed E-state index contributed by atoms with van der Waals surface area (Å²) in [6, 6.07) is 2.29. The maximum atomic E-state index is 13.4. The number of carboxylic acid groups (broad SMARTS) is 1. The molecule has 3 amide bonds. The van der Waals surface area contributed by atoms with Gasteiger partial charge < -0.3 is 20.6 Å². The number of carbonyl (C=O) groups is 3. The Kier molecular flexibility index (Phi) is 4.99. The zero-order valence-electron chi connectivity index (χ0n) is 15.1. The van der Waals surface area contributed by atoms with Crippen LogP contribution in [0.25, 0.3) is 0 Å². The second-order valence-electron chi connectivity index (χ2n) is 7.30. The Morgan fingerprint density at radius 1 is 1.25 bits per heavy atom. The maximum Gasteiger partial charge on any atom is 0.418 e. The molecule has 2 fully saturated rings. The molecule has 2 aliphatic rings. The summed E-state index contributed by atoms with van der Waals surface area (Å²) in [4.78, 5) is 36.6. The minimum absolute atomic E-state index is 0.0237. The van der Waals surface area contributed by atoms with E-state index >= 15 is 0 Å². The highest BCUT2D eigenvalue weighted by Gasteiger charge is 2.55. The summed E-state index contributed by atoms with van der Waals surface area (Å²) in [5.41, 5.74) is -2.61. The molecule has 10 heteroatoms. The van der Waals surface area contributed by atoms with Crippen LogP contribution in [-0.2, 0) is 15.8 Å². The summed E-state index contributed by atoms with van der Waals surface area (Å²) in [6.07, 6.45) is -2.86. The number of carbonyl (C=O) groups excluding carboxylic acids is 2. The van der Waals surface area contributed by atoms with Gasteiger partial charge in [-0.1, -0.05) is 6.42 Å². The monoisotopic (exact) mass is 399 g/mol. The summed E-state index contributed by atoms with van der Waals surface area (Å²) in [6.45, 7) is 1.35. The van der Waals surface area contributed by atoms with Gasteiger partial charge in [-0.2, -0.15) is 13.2 Å². The van der Waals surface area contributed by atoms with Crippen LogP contribution < -0.4 is 10.6 Å². The first kappa shape index (κ1) is 20.0. The van der Waals surface area contributed by atoms with E-state index < -0.39 is 40.7 Å². The Balaban J connectivity index is 1.81. The van der Waals surface area contributed by atoms with Gasteiger partial charge in [-0.3, -0.25) is 9.59 Å². The molecule has 0 radical (unpaired) electrons. The Morgan fingerprint density at radius 2 is 1.96 bits per heavy atom. The minimum Gasteiger partial charge on any atom is -0.481 e. The number of anilines is 2. The molecule has 0 unspecified atom stereocenters. The van der Waals surface area contributed by atoms with Crippen LogP contribution in [-0.4, -0.2) is 41.0 Å². The Labute approximate surface area is 158 Å². The van der Waals surface area contributed by atoms with Crippen molar-refractivity contribution < 1.29 is 32.7 Å². The zero-order valence-corrected chi connectivity index (χ0v) is 15.1. The van der Waals surface area contributed by atoms with Gasteiger partial charge in [-0.05, 0) is 37.0 Å². The second-order valence-corrected chi connectivity index (χ2v) is 7.30. The molecule has 2 atom stereocenters. The summed E-state index contributed by atoms with van der Waals surface area (Å²) in [5, 5.41) is 14.1. The first-order chi connectivity index (χ1) is 13.0. The molecule has 0 bridgehead atoms. The summed E-state index contributed by atoms with van der Waals surface area (Å²) >= 11 is 0. The van der Waals surface area contributed by atoms with Crippen LogP contribution in [0.1, 0.15) is 31.7 Å². The number of likely N-dealkylation sites (tertiary alicyclic amines) is 1. The zero-order chi connectivity index (χ0) is 20.7. The largest absolute Gasteiger partial charge is 0.481 e.